The first-order valence-electron chi connectivity index (χ1n) is 6.77. The highest BCUT2D eigenvalue weighted by Gasteiger charge is 2.10. The Bertz CT molecular complexity index is 630. The Morgan fingerprint density at radius 2 is 1.90 bits per heavy atom. The van der Waals surface area contributed by atoms with E-state index in [4.69, 9.17) is 17.3 Å². The van der Waals surface area contributed by atoms with E-state index >= 15 is 0 Å². The van der Waals surface area contributed by atoms with Crippen LogP contribution >= 0.6 is 11.6 Å². The maximum atomic E-state index is 10.9. The lowest BCUT2D eigenvalue weighted by molar-refractivity contribution is 0.259. The van der Waals surface area contributed by atoms with Crippen LogP contribution in [0.4, 0.5) is 16.2 Å². The summed E-state index contributed by atoms with van der Waals surface area (Å²) in [6.07, 6.45) is 0.911. The van der Waals surface area contributed by atoms with Crippen molar-refractivity contribution in [3.8, 4) is 0 Å². The van der Waals surface area contributed by atoms with Gasteiger partial charge in [-0.25, -0.2) is 4.79 Å². The second-order valence-electron chi connectivity index (χ2n) is 4.73. The molecule has 1 unspecified atom stereocenters. The van der Waals surface area contributed by atoms with Crippen molar-refractivity contribution in [3.05, 3.63) is 59.1 Å². The first kappa shape index (κ1) is 15.2. The van der Waals surface area contributed by atoms with E-state index in [9.17, 15) is 4.79 Å². The highest BCUT2D eigenvalue weighted by molar-refractivity contribution is 6.30. The van der Waals surface area contributed by atoms with E-state index in [1.54, 1.807) is 6.07 Å². The molecule has 0 saturated heterocycles. The van der Waals surface area contributed by atoms with Crippen molar-refractivity contribution in [2.24, 2.45) is 5.73 Å². The fourth-order valence-electron chi connectivity index (χ4n) is 2.17. The van der Waals surface area contributed by atoms with Crippen molar-refractivity contribution in [3.63, 3.8) is 0 Å². The molecule has 2 aromatic rings. The number of carbonyl (C=O) groups excluding carboxylic acids is 1. The Morgan fingerprint density at radius 1 is 1.19 bits per heavy atom. The first-order valence-corrected chi connectivity index (χ1v) is 7.15. The van der Waals surface area contributed by atoms with Crippen LogP contribution in [0.5, 0.6) is 0 Å². The summed E-state index contributed by atoms with van der Waals surface area (Å²) < 4.78 is 0. The molecule has 0 aliphatic rings. The number of benzene rings is 2. The number of anilines is 2. The molecule has 2 aromatic carbocycles. The number of carbonyl (C=O) groups is 1. The van der Waals surface area contributed by atoms with Crippen LogP contribution in [0.2, 0.25) is 5.02 Å². The van der Waals surface area contributed by atoms with Crippen LogP contribution in [0.25, 0.3) is 0 Å². The molecular weight excluding hydrogens is 286 g/mol. The second-order valence-corrected chi connectivity index (χ2v) is 5.17. The van der Waals surface area contributed by atoms with Crippen molar-refractivity contribution < 1.29 is 4.79 Å². The summed E-state index contributed by atoms with van der Waals surface area (Å²) in [5.41, 5.74) is 7.82. The van der Waals surface area contributed by atoms with Gasteiger partial charge in [0.2, 0.25) is 0 Å². The van der Waals surface area contributed by atoms with E-state index in [-0.39, 0.29) is 6.04 Å². The Hall–Kier alpha value is -2.20. The van der Waals surface area contributed by atoms with Gasteiger partial charge < -0.3 is 16.4 Å². The van der Waals surface area contributed by atoms with Crippen molar-refractivity contribution in [2.45, 2.75) is 19.4 Å². The number of hydrogen-bond acceptors (Lipinski definition) is 2. The number of nitrogens with two attached hydrogens (primary N) is 1. The van der Waals surface area contributed by atoms with Crippen molar-refractivity contribution in [1.82, 2.24) is 0 Å². The lowest BCUT2D eigenvalue weighted by Crippen LogP contribution is -2.19. The summed E-state index contributed by atoms with van der Waals surface area (Å²) in [7, 11) is 0. The molecule has 110 valence electrons. The Balaban J connectivity index is 2.17. The fraction of sp³-hybridized carbons (Fsp3) is 0.188. The smallest absolute Gasteiger partial charge is 0.316 e. The van der Waals surface area contributed by atoms with Crippen LogP contribution in [-0.2, 0) is 0 Å². The van der Waals surface area contributed by atoms with Gasteiger partial charge in [-0.2, -0.15) is 0 Å². The number of amides is 2. The van der Waals surface area contributed by atoms with E-state index in [1.807, 2.05) is 42.5 Å². The number of hydrogen-bond donors (Lipinski definition) is 3. The third kappa shape index (κ3) is 4.39. The lowest BCUT2D eigenvalue weighted by atomic mass is 10.0. The lowest BCUT2D eigenvalue weighted by Gasteiger charge is -2.19. The van der Waals surface area contributed by atoms with E-state index in [0.717, 1.165) is 22.7 Å². The minimum absolute atomic E-state index is 0.146. The molecule has 4 N–H and O–H groups in total. The maximum absolute atomic E-state index is 10.9. The van der Waals surface area contributed by atoms with Crippen molar-refractivity contribution >= 4 is 29.0 Å². The highest BCUT2D eigenvalue weighted by atomic mass is 35.5. The van der Waals surface area contributed by atoms with Crippen LogP contribution in [0.15, 0.2) is 48.5 Å². The standard InChI is InChI=1S/C16H18ClN3O/c1-2-15(11-5-3-6-12(17)9-11)19-13-7-4-8-14(10-13)20-16(18)21/h3-10,15,19H,2H2,1H3,(H3,18,20,21). The minimum Gasteiger partial charge on any atom is -0.378 e. The van der Waals surface area contributed by atoms with Gasteiger partial charge in [-0.1, -0.05) is 36.7 Å². The zero-order valence-corrected chi connectivity index (χ0v) is 12.5. The maximum Gasteiger partial charge on any atom is 0.316 e. The predicted molar refractivity (Wildman–Crippen MR) is 87.8 cm³/mol. The SMILES string of the molecule is CCC(Nc1cccc(NC(N)=O)c1)c1cccc(Cl)c1. The van der Waals surface area contributed by atoms with Gasteiger partial charge in [0.1, 0.15) is 0 Å². The Labute approximate surface area is 129 Å². The molecule has 0 aliphatic carbocycles. The Morgan fingerprint density at radius 3 is 2.57 bits per heavy atom. The summed E-state index contributed by atoms with van der Waals surface area (Å²) in [4.78, 5) is 10.9. The van der Waals surface area contributed by atoms with E-state index < -0.39 is 6.03 Å². The summed E-state index contributed by atoms with van der Waals surface area (Å²) in [6, 6.07) is 14.8. The van der Waals surface area contributed by atoms with Crippen molar-refractivity contribution in [1.29, 1.82) is 0 Å². The van der Waals surface area contributed by atoms with Gasteiger partial charge in [-0.3, -0.25) is 0 Å². The zero-order valence-electron chi connectivity index (χ0n) is 11.8. The molecule has 1 atom stereocenters. The summed E-state index contributed by atoms with van der Waals surface area (Å²) >= 11 is 6.04. The molecule has 0 heterocycles. The van der Waals surface area contributed by atoms with Gasteiger partial charge in [0.15, 0.2) is 0 Å². The normalized spacial score (nSPS) is 11.7. The molecule has 4 nitrogen and oxygen atoms in total. The first-order chi connectivity index (χ1) is 10.1. The second kappa shape index (κ2) is 6.99. The van der Waals surface area contributed by atoms with Crippen LogP contribution < -0.4 is 16.4 Å². The average Bonchev–Trinajstić information content (AvgIpc) is 2.44. The minimum atomic E-state index is -0.575. The molecule has 0 radical (unpaired) electrons. The van der Waals surface area contributed by atoms with E-state index in [2.05, 4.69) is 17.6 Å². The topological polar surface area (TPSA) is 67.2 Å². The van der Waals surface area contributed by atoms with E-state index in [0.29, 0.717) is 5.69 Å². The molecule has 5 heteroatoms. The molecule has 0 aromatic heterocycles. The molecule has 0 aliphatic heterocycles. The van der Waals surface area contributed by atoms with Crippen LogP contribution in [-0.4, -0.2) is 6.03 Å². The average molecular weight is 304 g/mol. The molecule has 0 spiro atoms. The van der Waals surface area contributed by atoms with Gasteiger partial charge in [0.25, 0.3) is 0 Å². The van der Waals surface area contributed by atoms with Gasteiger partial charge >= 0.3 is 6.03 Å². The van der Waals surface area contributed by atoms with Crippen LogP contribution in [0.3, 0.4) is 0 Å². The monoisotopic (exact) mass is 303 g/mol. The summed E-state index contributed by atoms with van der Waals surface area (Å²) in [6.45, 7) is 2.10. The van der Waals surface area contributed by atoms with Gasteiger partial charge in [0.05, 0.1) is 6.04 Å². The molecule has 0 fully saturated rings. The quantitative estimate of drug-likeness (QED) is 0.766. The van der Waals surface area contributed by atoms with Gasteiger partial charge in [-0.15, -0.1) is 0 Å². The number of primary amides is 1. The fourth-order valence-corrected chi connectivity index (χ4v) is 2.37. The Kier molecular flexibility index (Phi) is 5.06. The highest BCUT2D eigenvalue weighted by Crippen LogP contribution is 2.26. The summed E-state index contributed by atoms with van der Waals surface area (Å²) in [5.74, 6) is 0. The molecule has 2 rings (SSSR count). The van der Waals surface area contributed by atoms with Crippen LogP contribution in [0, 0.1) is 0 Å². The molecular formula is C16H18ClN3O. The van der Waals surface area contributed by atoms with E-state index in [1.165, 1.54) is 0 Å². The third-order valence-electron chi connectivity index (χ3n) is 3.13. The number of halogens is 1. The van der Waals surface area contributed by atoms with Gasteiger partial charge in [0, 0.05) is 16.4 Å². The molecule has 21 heavy (non-hydrogen) atoms. The van der Waals surface area contributed by atoms with Crippen LogP contribution in [0.1, 0.15) is 24.9 Å². The number of rotatable bonds is 5. The molecule has 2 amide bonds. The molecule has 0 bridgehead atoms. The summed E-state index contributed by atoms with van der Waals surface area (Å²) in [5, 5.41) is 6.72. The number of urea groups is 1. The molecule has 0 saturated carbocycles. The van der Waals surface area contributed by atoms with Gasteiger partial charge in [-0.05, 0) is 42.3 Å². The largest absolute Gasteiger partial charge is 0.378 e. The van der Waals surface area contributed by atoms with Crippen molar-refractivity contribution in [2.75, 3.05) is 10.6 Å². The number of nitrogens with one attached hydrogen (secondary N) is 2. The predicted octanol–water partition coefficient (Wildman–Crippen LogP) is 4.39. The zero-order chi connectivity index (χ0) is 15.2. The third-order valence-corrected chi connectivity index (χ3v) is 3.37.